The van der Waals surface area contributed by atoms with E-state index in [-0.39, 0.29) is 29.6 Å². The van der Waals surface area contributed by atoms with Crippen molar-refractivity contribution in [2.24, 2.45) is 0 Å². The molecule has 39 heavy (non-hydrogen) atoms. The van der Waals surface area contributed by atoms with Crippen LogP contribution in [0.1, 0.15) is 59.6 Å². The molecule has 0 unspecified atom stereocenters. The maximum atomic E-state index is 12.7. The highest BCUT2D eigenvalue weighted by atomic mass is 16.7. The lowest BCUT2D eigenvalue weighted by Crippen LogP contribution is -2.40. The summed E-state index contributed by atoms with van der Waals surface area (Å²) in [7, 11) is 0. The quantitative estimate of drug-likeness (QED) is 0.178. The van der Waals surface area contributed by atoms with Gasteiger partial charge in [0, 0.05) is 40.8 Å². The van der Waals surface area contributed by atoms with E-state index in [4.69, 9.17) is 18.9 Å². The van der Waals surface area contributed by atoms with Crippen LogP contribution < -0.4 is 16.2 Å². The highest BCUT2D eigenvalue weighted by Gasteiger charge is 2.51. The van der Waals surface area contributed by atoms with Crippen molar-refractivity contribution in [2.45, 2.75) is 77.9 Å². The van der Waals surface area contributed by atoms with Gasteiger partial charge in [-0.25, -0.2) is 4.98 Å². The molecule has 0 aromatic carbocycles. The van der Waals surface area contributed by atoms with Crippen LogP contribution in [-0.4, -0.2) is 81.3 Å². The van der Waals surface area contributed by atoms with Crippen LogP contribution in [0.5, 0.6) is 0 Å². The zero-order valence-electron chi connectivity index (χ0n) is 22.4. The average Bonchev–Trinajstić information content (AvgIpc) is 3.40. The lowest BCUT2D eigenvalue weighted by atomic mass is 10.1. The summed E-state index contributed by atoms with van der Waals surface area (Å²) in [6.45, 7) is 5.99. The van der Waals surface area contributed by atoms with Crippen LogP contribution >= 0.6 is 0 Å². The minimum absolute atomic E-state index is 0.0242. The Hall–Kier alpha value is -4.01. The first-order valence-electron chi connectivity index (χ1n) is 12.6. The molecule has 1 fully saturated rings. The van der Waals surface area contributed by atoms with Crippen LogP contribution in [-0.2, 0) is 38.1 Å². The van der Waals surface area contributed by atoms with Gasteiger partial charge in [-0.15, -0.1) is 0 Å². The molecule has 0 aliphatic carbocycles. The zero-order valence-corrected chi connectivity index (χ0v) is 22.4. The minimum Gasteiger partial charge on any atom is -0.463 e. The molecule has 0 radical (unpaired) electrons. The van der Waals surface area contributed by atoms with E-state index >= 15 is 0 Å². The molecule has 1 aliphatic heterocycles. The topological polar surface area (TPSA) is 193 Å². The molecule has 1 aliphatic rings. The number of amides is 1. The molecular formula is C24H34N6O9. The number of hydrogen-bond donors (Lipinski definition) is 3. The fourth-order valence-electron chi connectivity index (χ4n) is 4.19. The first-order chi connectivity index (χ1) is 18.6. The third-order valence-electron chi connectivity index (χ3n) is 5.82. The number of ether oxygens (including phenoxy) is 4. The number of carbonyl (C=O) groups excluding carboxylic acids is 4. The van der Waals surface area contributed by atoms with Crippen molar-refractivity contribution >= 4 is 40.9 Å². The number of rotatable bonds is 13. The van der Waals surface area contributed by atoms with Gasteiger partial charge in [0.25, 0.3) is 5.56 Å². The van der Waals surface area contributed by atoms with Crippen LogP contribution in [0.3, 0.4) is 0 Å². The van der Waals surface area contributed by atoms with Crippen LogP contribution in [0.4, 0.5) is 5.95 Å². The lowest BCUT2D eigenvalue weighted by Gasteiger charge is -2.23. The summed E-state index contributed by atoms with van der Waals surface area (Å²) in [4.78, 5) is 70.0. The maximum absolute atomic E-state index is 12.7. The van der Waals surface area contributed by atoms with Gasteiger partial charge in [-0.2, -0.15) is 4.98 Å². The Labute approximate surface area is 223 Å². The SMILES string of the molecule is CC(=O)NCCCCCCNc1nc2c(ncn2[C@@H]2O[C@H](COC(C)=O)[C@H](OC(C)=O)[C@@H]2OC(C)=O)c(=O)[nH]1. The molecule has 214 valence electrons. The molecule has 3 N–H and O–H groups in total. The smallest absolute Gasteiger partial charge is 0.303 e. The Kier molecular flexibility index (Phi) is 10.4. The second-order valence-electron chi connectivity index (χ2n) is 9.08. The Morgan fingerprint density at radius 3 is 2.28 bits per heavy atom. The van der Waals surface area contributed by atoms with Crippen LogP contribution in [0.25, 0.3) is 11.2 Å². The predicted octanol–water partition coefficient (Wildman–Crippen LogP) is 0.552. The van der Waals surface area contributed by atoms with Gasteiger partial charge in [-0.1, -0.05) is 12.8 Å². The number of imidazole rings is 1. The first-order valence-corrected chi connectivity index (χ1v) is 12.6. The van der Waals surface area contributed by atoms with Crippen molar-refractivity contribution in [3.63, 3.8) is 0 Å². The monoisotopic (exact) mass is 550 g/mol. The van der Waals surface area contributed by atoms with E-state index in [0.29, 0.717) is 13.1 Å². The second-order valence-corrected chi connectivity index (χ2v) is 9.08. The number of fused-ring (bicyclic) bond motifs is 1. The van der Waals surface area contributed by atoms with Crippen molar-refractivity contribution in [1.82, 2.24) is 24.8 Å². The van der Waals surface area contributed by atoms with E-state index in [9.17, 15) is 24.0 Å². The number of aromatic amines is 1. The Morgan fingerprint density at radius 1 is 0.974 bits per heavy atom. The van der Waals surface area contributed by atoms with Crippen molar-refractivity contribution in [3.8, 4) is 0 Å². The van der Waals surface area contributed by atoms with E-state index in [0.717, 1.165) is 25.7 Å². The molecule has 0 bridgehead atoms. The summed E-state index contributed by atoms with van der Waals surface area (Å²) < 4.78 is 23.3. The van der Waals surface area contributed by atoms with E-state index < -0.39 is 48.0 Å². The predicted molar refractivity (Wildman–Crippen MR) is 135 cm³/mol. The van der Waals surface area contributed by atoms with Crippen molar-refractivity contribution in [3.05, 3.63) is 16.7 Å². The molecule has 2 aromatic heterocycles. The number of esters is 3. The van der Waals surface area contributed by atoms with Gasteiger partial charge in [0.15, 0.2) is 29.6 Å². The number of nitrogens with zero attached hydrogens (tertiary/aromatic N) is 3. The van der Waals surface area contributed by atoms with Crippen LogP contribution in [0.15, 0.2) is 11.1 Å². The van der Waals surface area contributed by atoms with Crippen LogP contribution in [0, 0.1) is 0 Å². The van der Waals surface area contributed by atoms with E-state index in [2.05, 4.69) is 25.6 Å². The number of carbonyl (C=O) groups is 4. The summed E-state index contributed by atoms with van der Waals surface area (Å²) in [6, 6.07) is 0. The summed E-state index contributed by atoms with van der Waals surface area (Å²) in [5, 5.41) is 5.84. The molecule has 3 heterocycles. The molecular weight excluding hydrogens is 516 g/mol. The van der Waals surface area contributed by atoms with E-state index in [1.807, 2.05) is 0 Å². The normalized spacial score (nSPS) is 20.4. The highest BCUT2D eigenvalue weighted by molar-refractivity contribution is 5.73. The standard InChI is InChI=1S/C24H34N6O9/c1-13(31)25-9-7-5-6-8-10-26-24-28-21-18(22(35)29-24)27-12-30(21)23-20(38-16(4)34)19(37-15(3)33)17(39-23)11-36-14(2)32/h12,17,19-20,23H,5-11H2,1-4H3,(H,25,31)(H2,26,28,29,35)/t17-,19+,20+,23-/m1/s1. The van der Waals surface area contributed by atoms with E-state index in [1.54, 1.807) is 0 Å². The van der Waals surface area contributed by atoms with E-state index in [1.165, 1.54) is 38.6 Å². The summed E-state index contributed by atoms with van der Waals surface area (Å²) >= 11 is 0. The van der Waals surface area contributed by atoms with Gasteiger partial charge in [0.2, 0.25) is 11.9 Å². The molecule has 15 nitrogen and oxygen atoms in total. The molecule has 1 amide bonds. The summed E-state index contributed by atoms with van der Waals surface area (Å²) in [5.41, 5.74) is -0.323. The molecule has 3 rings (SSSR count). The van der Waals surface area contributed by atoms with Gasteiger partial charge < -0.3 is 29.6 Å². The third kappa shape index (κ3) is 8.24. The van der Waals surface area contributed by atoms with Crippen molar-refractivity contribution < 1.29 is 38.1 Å². The number of anilines is 1. The number of nitrogens with one attached hydrogen (secondary N) is 3. The fraction of sp³-hybridized carbons (Fsp3) is 0.625. The van der Waals surface area contributed by atoms with Crippen molar-refractivity contribution in [1.29, 1.82) is 0 Å². The Bertz CT molecular complexity index is 1240. The third-order valence-corrected chi connectivity index (χ3v) is 5.82. The van der Waals surface area contributed by atoms with Gasteiger partial charge in [0.1, 0.15) is 12.7 Å². The number of H-pyrrole nitrogens is 1. The van der Waals surface area contributed by atoms with Crippen LogP contribution in [0.2, 0.25) is 0 Å². The largest absolute Gasteiger partial charge is 0.463 e. The average molecular weight is 551 g/mol. The molecule has 4 atom stereocenters. The Balaban J connectivity index is 1.78. The number of hydrogen-bond acceptors (Lipinski definition) is 12. The summed E-state index contributed by atoms with van der Waals surface area (Å²) in [6.07, 6.45) is 0.555. The minimum atomic E-state index is -1.14. The maximum Gasteiger partial charge on any atom is 0.303 e. The molecule has 2 aromatic rings. The highest BCUT2D eigenvalue weighted by Crippen LogP contribution is 2.35. The molecule has 0 saturated carbocycles. The van der Waals surface area contributed by atoms with Gasteiger partial charge in [0.05, 0.1) is 6.33 Å². The fourth-order valence-corrected chi connectivity index (χ4v) is 4.19. The van der Waals surface area contributed by atoms with Gasteiger partial charge in [-0.3, -0.25) is 33.5 Å². The molecule has 1 saturated heterocycles. The number of unbranched alkanes of at least 4 members (excludes halogenated alkanes) is 3. The van der Waals surface area contributed by atoms with Gasteiger partial charge in [-0.05, 0) is 12.8 Å². The van der Waals surface area contributed by atoms with Gasteiger partial charge >= 0.3 is 17.9 Å². The zero-order chi connectivity index (χ0) is 28.5. The molecule has 15 heteroatoms. The van der Waals surface area contributed by atoms with Crippen molar-refractivity contribution in [2.75, 3.05) is 25.0 Å². The Morgan fingerprint density at radius 2 is 1.64 bits per heavy atom. The summed E-state index contributed by atoms with van der Waals surface area (Å²) in [5.74, 6) is -1.72. The molecule has 0 spiro atoms. The lowest BCUT2D eigenvalue weighted by molar-refractivity contribution is -0.166. The number of aromatic nitrogens is 4. The second kappa shape index (κ2) is 13.7. The first kappa shape index (κ1) is 29.5.